The highest BCUT2D eigenvalue weighted by Crippen LogP contribution is 2.44. The first-order valence-electron chi connectivity index (χ1n) is 10.1. The molecule has 0 unspecified atom stereocenters. The van der Waals surface area contributed by atoms with Gasteiger partial charge in [-0.15, -0.1) is 0 Å². The third kappa shape index (κ3) is 4.50. The number of rotatable bonds is 7. The first-order valence-corrected chi connectivity index (χ1v) is 11.3. The van der Waals surface area contributed by atoms with Crippen molar-refractivity contribution in [2.45, 2.75) is 0 Å². The van der Waals surface area contributed by atoms with Gasteiger partial charge < -0.3 is 14.8 Å². The number of nitrogens with one attached hydrogen (secondary N) is 1. The van der Waals surface area contributed by atoms with Gasteiger partial charge in [0.1, 0.15) is 16.6 Å². The van der Waals surface area contributed by atoms with Crippen LogP contribution in [0.4, 0.5) is 11.4 Å². The number of thiocarbonyl (C=S) groups is 1. The van der Waals surface area contributed by atoms with Crippen molar-refractivity contribution in [3.8, 4) is 5.75 Å². The Morgan fingerprint density at radius 3 is 2.45 bits per heavy atom. The molecule has 3 amide bonds. The fourth-order valence-electron chi connectivity index (χ4n) is 3.60. The van der Waals surface area contributed by atoms with Crippen molar-refractivity contribution in [2.75, 3.05) is 44.1 Å². The number of carbonyl (C=O) groups is 3. The molecule has 170 valence electrons. The number of ether oxygens (including phenoxy) is 2. The molecule has 33 heavy (non-hydrogen) atoms. The molecule has 8 nitrogen and oxygen atoms in total. The second-order valence-corrected chi connectivity index (χ2v) is 8.85. The number of methoxy groups -OCH3 is 2. The zero-order valence-electron chi connectivity index (χ0n) is 18.0. The van der Waals surface area contributed by atoms with Gasteiger partial charge in [0.05, 0.1) is 36.4 Å². The maximum Gasteiger partial charge on any atom is 0.267 e. The molecule has 1 N–H and O–H groups in total. The summed E-state index contributed by atoms with van der Waals surface area (Å²) >= 11 is 6.45. The first kappa shape index (κ1) is 23.0. The van der Waals surface area contributed by atoms with Gasteiger partial charge in [-0.3, -0.25) is 24.2 Å². The third-order valence-electron chi connectivity index (χ3n) is 5.19. The van der Waals surface area contributed by atoms with E-state index in [0.717, 1.165) is 11.8 Å². The molecule has 2 heterocycles. The lowest BCUT2D eigenvalue weighted by Crippen LogP contribution is -2.35. The zero-order chi connectivity index (χ0) is 23.5. The number of amides is 3. The van der Waals surface area contributed by atoms with E-state index in [-0.39, 0.29) is 28.8 Å². The van der Waals surface area contributed by atoms with Crippen LogP contribution in [0.5, 0.6) is 5.75 Å². The number of benzene rings is 2. The number of para-hydroxylation sites is 1. The molecule has 1 saturated heterocycles. The number of carbonyl (C=O) groups excluding carboxylic acids is 3. The molecule has 4 rings (SSSR count). The second kappa shape index (κ2) is 9.74. The van der Waals surface area contributed by atoms with E-state index in [1.807, 2.05) is 0 Å². The third-order valence-corrected chi connectivity index (χ3v) is 6.64. The molecule has 0 aliphatic carbocycles. The van der Waals surface area contributed by atoms with E-state index in [2.05, 4.69) is 5.32 Å². The van der Waals surface area contributed by atoms with Crippen LogP contribution in [0.3, 0.4) is 0 Å². The van der Waals surface area contributed by atoms with E-state index < -0.39 is 5.91 Å². The van der Waals surface area contributed by atoms with Crippen LogP contribution < -0.4 is 15.0 Å². The average Bonchev–Trinajstić information content (AvgIpc) is 3.25. The van der Waals surface area contributed by atoms with Crippen molar-refractivity contribution in [1.82, 2.24) is 4.90 Å². The van der Waals surface area contributed by atoms with Crippen molar-refractivity contribution in [1.29, 1.82) is 0 Å². The molecular formula is C23H21N3O5S2. The minimum atomic E-state index is -0.409. The van der Waals surface area contributed by atoms with E-state index in [0.29, 0.717) is 40.2 Å². The summed E-state index contributed by atoms with van der Waals surface area (Å²) in [5.74, 6) is -0.431. The Bertz CT molecular complexity index is 1160. The Hall–Kier alpha value is -3.21. The Kier molecular flexibility index (Phi) is 6.77. The van der Waals surface area contributed by atoms with Gasteiger partial charge in [-0.25, -0.2) is 0 Å². The number of anilines is 2. The SMILES string of the molecule is COCCN1C(=O)/C(=C2\C(=O)N(CC(=O)Nc3ccc(OC)cc3)c3ccccc32)SC1=S. The monoisotopic (exact) mass is 483 g/mol. The minimum absolute atomic E-state index is 0.199. The predicted molar refractivity (Wildman–Crippen MR) is 131 cm³/mol. The number of hydrogen-bond donors (Lipinski definition) is 1. The fraction of sp³-hybridized carbons (Fsp3) is 0.217. The van der Waals surface area contributed by atoms with Crippen LogP contribution in [-0.2, 0) is 19.1 Å². The average molecular weight is 484 g/mol. The lowest BCUT2D eigenvalue weighted by Gasteiger charge is -2.17. The highest BCUT2D eigenvalue weighted by atomic mass is 32.2. The van der Waals surface area contributed by atoms with E-state index in [9.17, 15) is 14.4 Å². The van der Waals surface area contributed by atoms with Gasteiger partial charge in [-0.1, -0.05) is 42.2 Å². The molecular weight excluding hydrogens is 462 g/mol. The molecule has 0 spiro atoms. The zero-order valence-corrected chi connectivity index (χ0v) is 19.6. The molecule has 2 aromatic rings. The van der Waals surface area contributed by atoms with E-state index >= 15 is 0 Å². The van der Waals surface area contributed by atoms with Crippen LogP contribution in [-0.4, -0.2) is 60.9 Å². The molecule has 2 aliphatic rings. The minimum Gasteiger partial charge on any atom is -0.497 e. The Morgan fingerprint density at radius 1 is 1.03 bits per heavy atom. The molecule has 0 bridgehead atoms. The van der Waals surface area contributed by atoms with E-state index in [4.69, 9.17) is 21.7 Å². The molecule has 2 aliphatic heterocycles. The molecule has 10 heteroatoms. The molecule has 0 aromatic heterocycles. The van der Waals surface area contributed by atoms with Gasteiger partial charge in [0.15, 0.2) is 0 Å². The van der Waals surface area contributed by atoms with Crippen molar-refractivity contribution >= 4 is 63.0 Å². The summed E-state index contributed by atoms with van der Waals surface area (Å²) in [5, 5.41) is 2.78. The van der Waals surface area contributed by atoms with Crippen LogP contribution in [0.2, 0.25) is 0 Å². The van der Waals surface area contributed by atoms with Crippen LogP contribution in [0.25, 0.3) is 5.57 Å². The van der Waals surface area contributed by atoms with Gasteiger partial charge in [-0.2, -0.15) is 0 Å². The molecule has 0 atom stereocenters. The highest BCUT2D eigenvalue weighted by Gasteiger charge is 2.42. The van der Waals surface area contributed by atoms with Gasteiger partial charge in [0.2, 0.25) is 5.91 Å². The summed E-state index contributed by atoms with van der Waals surface area (Å²) < 4.78 is 10.6. The Labute approximate surface area is 200 Å². The standard InChI is InChI=1S/C23H21N3O5S2/c1-30-12-11-25-22(29)20(33-23(25)32)19-16-5-3-4-6-17(16)26(21(19)28)13-18(27)24-14-7-9-15(31-2)10-8-14/h3-10H,11-13H2,1-2H3,(H,24,27)/b20-19+. The summed E-state index contributed by atoms with van der Waals surface area (Å²) in [4.78, 5) is 42.3. The van der Waals surface area contributed by atoms with Crippen molar-refractivity contribution < 1.29 is 23.9 Å². The second-order valence-electron chi connectivity index (χ2n) is 7.21. The summed E-state index contributed by atoms with van der Waals surface area (Å²) in [7, 11) is 3.11. The number of fused-ring (bicyclic) bond motifs is 1. The molecule has 0 saturated carbocycles. The summed E-state index contributed by atoms with van der Waals surface area (Å²) in [6, 6.07) is 14.0. The molecule has 1 fully saturated rings. The Morgan fingerprint density at radius 2 is 1.76 bits per heavy atom. The summed E-state index contributed by atoms with van der Waals surface area (Å²) in [6.07, 6.45) is 0. The fourth-order valence-corrected chi connectivity index (χ4v) is 4.98. The van der Waals surface area contributed by atoms with Gasteiger partial charge in [0, 0.05) is 18.4 Å². The topological polar surface area (TPSA) is 88.2 Å². The lowest BCUT2D eigenvalue weighted by atomic mass is 10.1. The van der Waals surface area contributed by atoms with Crippen molar-refractivity contribution in [2.24, 2.45) is 0 Å². The maximum absolute atomic E-state index is 13.4. The van der Waals surface area contributed by atoms with Crippen LogP contribution in [0.1, 0.15) is 5.56 Å². The van der Waals surface area contributed by atoms with Crippen molar-refractivity contribution in [3.05, 3.63) is 59.0 Å². The predicted octanol–water partition coefficient (Wildman–Crippen LogP) is 2.90. The van der Waals surface area contributed by atoms with Gasteiger partial charge >= 0.3 is 0 Å². The highest BCUT2D eigenvalue weighted by molar-refractivity contribution is 8.26. The maximum atomic E-state index is 13.4. The van der Waals surface area contributed by atoms with Gasteiger partial charge in [-0.05, 0) is 30.3 Å². The number of thioether (sulfide) groups is 1. The summed E-state index contributed by atoms with van der Waals surface area (Å²) in [5.41, 5.74) is 2.02. The number of hydrogen-bond acceptors (Lipinski definition) is 7. The molecule has 2 aromatic carbocycles. The number of nitrogens with zero attached hydrogens (tertiary/aromatic N) is 2. The van der Waals surface area contributed by atoms with Crippen LogP contribution in [0, 0.1) is 0 Å². The van der Waals surface area contributed by atoms with Crippen LogP contribution in [0.15, 0.2) is 53.4 Å². The quantitative estimate of drug-likeness (QED) is 0.479. The smallest absolute Gasteiger partial charge is 0.267 e. The van der Waals surface area contributed by atoms with Crippen LogP contribution >= 0.6 is 24.0 Å². The molecule has 0 radical (unpaired) electrons. The Balaban J connectivity index is 1.59. The largest absolute Gasteiger partial charge is 0.497 e. The van der Waals surface area contributed by atoms with Gasteiger partial charge in [0.25, 0.3) is 11.8 Å². The van der Waals surface area contributed by atoms with Crippen molar-refractivity contribution in [3.63, 3.8) is 0 Å². The van der Waals surface area contributed by atoms with E-state index in [1.54, 1.807) is 62.8 Å². The normalized spacial score (nSPS) is 17.6. The van der Waals surface area contributed by atoms with E-state index in [1.165, 1.54) is 9.80 Å². The first-order chi connectivity index (χ1) is 15.9. The lowest BCUT2D eigenvalue weighted by molar-refractivity contribution is -0.122. The summed E-state index contributed by atoms with van der Waals surface area (Å²) in [6.45, 7) is 0.439.